The van der Waals surface area contributed by atoms with E-state index in [1.807, 2.05) is 25.7 Å². The third-order valence-corrected chi connectivity index (χ3v) is 6.47. The molecular weight excluding hydrogens is 308 g/mol. The predicted octanol–water partition coefficient (Wildman–Crippen LogP) is 2.13. The molecular formula is C18H30N2O4. The molecule has 1 saturated carbocycles. The Kier molecular flexibility index (Phi) is 3.68. The zero-order chi connectivity index (χ0) is 17.1. The first-order valence-electron chi connectivity index (χ1n) is 9.24. The highest BCUT2D eigenvalue weighted by Crippen LogP contribution is 2.59. The maximum atomic E-state index is 12.3. The maximum Gasteiger partial charge on any atom is 0.410 e. The SMILES string of the molecule is CC(C)(C)OC(=O)N1CC2(CNCC23CCC2(CC3)OCCO2)C1. The van der Waals surface area contributed by atoms with E-state index >= 15 is 0 Å². The van der Waals surface area contributed by atoms with Gasteiger partial charge in [0.05, 0.1) is 13.2 Å². The lowest BCUT2D eigenvalue weighted by Crippen LogP contribution is -2.67. The highest BCUT2D eigenvalue weighted by atomic mass is 16.7. The number of likely N-dealkylation sites (tertiary alicyclic amines) is 1. The van der Waals surface area contributed by atoms with Crippen molar-refractivity contribution >= 4 is 6.09 Å². The minimum Gasteiger partial charge on any atom is -0.444 e. The highest BCUT2D eigenvalue weighted by molar-refractivity contribution is 5.69. The molecule has 136 valence electrons. The van der Waals surface area contributed by atoms with Gasteiger partial charge in [-0.2, -0.15) is 0 Å². The zero-order valence-corrected chi connectivity index (χ0v) is 15.2. The maximum absolute atomic E-state index is 12.3. The summed E-state index contributed by atoms with van der Waals surface area (Å²) in [7, 11) is 0. The fourth-order valence-electron chi connectivity index (χ4n) is 5.11. The van der Waals surface area contributed by atoms with Crippen molar-refractivity contribution in [3.8, 4) is 0 Å². The van der Waals surface area contributed by atoms with Gasteiger partial charge in [-0.25, -0.2) is 4.79 Å². The van der Waals surface area contributed by atoms with Gasteiger partial charge in [-0.15, -0.1) is 0 Å². The van der Waals surface area contributed by atoms with Gasteiger partial charge >= 0.3 is 6.09 Å². The summed E-state index contributed by atoms with van der Waals surface area (Å²) in [6.07, 6.45) is 4.00. The van der Waals surface area contributed by atoms with Gasteiger partial charge in [-0.3, -0.25) is 0 Å². The minimum absolute atomic E-state index is 0.176. The molecule has 0 aromatic carbocycles. The van der Waals surface area contributed by atoms with Crippen LogP contribution in [0.3, 0.4) is 0 Å². The van der Waals surface area contributed by atoms with Gasteiger partial charge in [0.1, 0.15) is 5.60 Å². The monoisotopic (exact) mass is 338 g/mol. The molecule has 3 saturated heterocycles. The van der Waals surface area contributed by atoms with Crippen LogP contribution in [0.5, 0.6) is 0 Å². The highest BCUT2D eigenvalue weighted by Gasteiger charge is 2.64. The van der Waals surface area contributed by atoms with Gasteiger partial charge in [0.2, 0.25) is 0 Å². The van der Waals surface area contributed by atoms with Crippen molar-refractivity contribution < 1.29 is 19.0 Å². The van der Waals surface area contributed by atoms with Gasteiger partial charge in [0, 0.05) is 44.4 Å². The number of hydrogen-bond donors (Lipinski definition) is 1. The van der Waals surface area contributed by atoms with Crippen LogP contribution in [-0.2, 0) is 14.2 Å². The fraction of sp³-hybridized carbons (Fsp3) is 0.944. The molecule has 1 amide bonds. The number of carbonyl (C=O) groups excluding carboxylic acids is 1. The molecule has 6 nitrogen and oxygen atoms in total. The predicted molar refractivity (Wildman–Crippen MR) is 88.6 cm³/mol. The second-order valence-electron chi connectivity index (χ2n) is 9.11. The third-order valence-electron chi connectivity index (χ3n) is 6.47. The van der Waals surface area contributed by atoms with Crippen molar-refractivity contribution in [3.05, 3.63) is 0 Å². The Balaban J connectivity index is 1.41. The average Bonchev–Trinajstić information content (AvgIpc) is 3.04. The number of carbonyl (C=O) groups is 1. The van der Waals surface area contributed by atoms with Crippen LogP contribution >= 0.6 is 0 Å². The largest absolute Gasteiger partial charge is 0.444 e. The van der Waals surface area contributed by atoms with E-state index in [9.17, 15) is 4.79 Å². The van der Waals surface area contributed by atoms with Gasteiger partial charge in [0.25, 0.3) is 0 Å². The molecule has 6 heteroatoms. The van der Waals surface area contributed by atoms with E-state index in [1.54, 1.807) is 0 Å². The summed E-state index contributed by atoms with van der Waals surface area (Å²) in [5, 5.41) is 3.60. The Morgan fingerprint density at radius 3 is 2.17 bits per heavy atom. The van der Waals surface area contributed by atoms with E-state index in [-0.39, 0.29) is 22.7 Å². The molecule has 0 aromatic heterocycles. The second-order valence-corrected chi connectivity index (χ2v) is 9.11. The summed E-state index contributed by atoms with van der Waals surface area (Å²) in [5.41, 5.74) is 0.0377. The number of ether oxygens (including phenoxy) is 3. The molecule has 0 aromatic rings. The van der Waals surface area contributed by atoms with Crippen LogP contribution in [0, 0.1) is 10.8 Å². The summed E-state index contributed by atoms with van der Waals surface area (Å²) in [6.45, 7) is 10.9. The van der Waals surface area contributed by atoms with Crippen LogP contribution in [-0.4, -0.2) is 61.8 Å². The zero-order valence-electron chi connectivity index (χ0n) is 15.2. The second kappa shape index (κ2) is 5.32. The molecule has 3 aliphatic heterocycles. The first-order chi connectivity index (χ1) is 11.3. The van der Waals surface area contributed by atoms with E-state index in [1.165, 1.54) is 0 Å². The van der Waals surface area contributed by atoms with Crippen LogP contribution < -0.4 is 5.32 Å². The lowest BCUT2D eigenvalue weighted by molar-refractivity contribution is -0.207. The third kappa shape index (κ3) is 2.54. The molecule has 3 heterocycles. The minimum atomic E-state index is -0.431. The van der Waals surface area contributed by atoms with Crippen molar-refractivity contribution in [3.63, 3.8) is 0 Å². The van der Waals surface area contributed by atoms with Crippen LogP contribution in [0.1, 0.15) is 46.5 Å². The standard InChI is InChI=1S/C18H30N2O4/c1-15(2,3)24-14(21)20-12-17(13-20)11-19-10-16(17)4-6-18(7-5-16)22-8-9-23-18/h19H,4-13H2,1-3H3. The number of rotatable bonds is 0. The van der Waals surface area contributed by atoms with Crippen molar-refractivity contribution in [2.75, 3.05) is 39.4 Å². The molecule has 0 radical (unpaired) electrons. The summed E-state index contributed by atoms with van der Waals surface area (Å²) in [6, 6.07) is 0. The van der Waals surface area contributed by atoms with Crippen molar-refractivity contribution in [2.24, 2.45) is 10.8 Å². The lowest BCUT2D eigenvalue weighted by atomic mass is 9.55. The van der Waals surface area contributed by atoms with Gasteiger partial charge < -0.3 is 24.4 Å². The first-order valence-corrected chi connectivity index (χ1v) is 9.24. The lowest BCUT2D eigenvalue weighted by Gasteiger charge is -2.58. The van der Waals surface area contributed by atoms with Crippen LogP contribution in [0.2, 0.25) is 0 Å². The number of amides is 1. The van der Waals surface area contributed by atoms with Gasteiger partial charge in [0.15, 0.2) is 5.79 Å². The van der Waals surface area contributed by atoms with E-state index in [0.717, 1.165) is 65.1 Å². The van der Waals surface area contributed by atoms with Crippen molar-refractivity contribution in [1.82, 2.24) is 10.2 Å². The molecule has 3 spiro atoms. The Morgan fingerprint density at radius 1 is 1.00 bits per heavy atom. The quantitative estimate of drug-likeness (QED) is 0.733. The molecule has 4 rings (SSSR count). The molecule has 0 bridgehead atoms. The molecule has 0 atom stereocenters. The van der Waals surface area contributed by atoms with Crippen LogP contribution in [0.25, 0.3) is 0 Å². The molecule has 1 aliphatic carbocycles. The number of nitrogens with one attached hydrogen (secondary N) is 1. The molecule has 0 unspecified atom stereocenters. The van der Waals surface area contributed by atoms with Crippen LogP contribution in [0.15, 0.2) is 0 Å². The van der Waals surface area contributed by atoms with E-state index < -0.39 is 5.60 Å². The Labute approximate surface area is 144 Å². The first kappa shape index (κ1) is 16.6. The van der Waals surface area contributed by atoms with E-state index in [2.05, 4.69) is 5.32 Å². The Bertz CT molecular complexity index is 506. The van der Waals surface area contributed by atoms with Crippen molar-refractivity contribution in [1.29, 1.82) is 0 Å². The van der Waals surface area contributed by atoms with E-state index in [0.29, 0.717) is 0 Å². The number of nitrogens with zero attached hydrogens (tertiary/aromatic N) is 1. The Hall–Kier alpha value is -0.850. The van der Waals surface area contributed by atoms with Gasteiger partial charge in [-0.1, -0.05) is 0 Å². The normalized spacial score (nSPS) is 30.0. The average molecular weight is 338 g/mol. The summed E-state index contributed by atoms with van der Waals surface area (Å²) < 4.78 is 17.3. The van der Waals surface area contributed by atoms with Crippen LogP contribution in [0.4, 0.5) is 4.79 Å². The smallest absolute Gasteiger partial charge is 0.410 e. The summed E-state index contributed by atoms with van der Waals surface area (Å²) in [5.74, 6) is -0.316. The summed E-state index contributed by atoms with van der Waals surface area (Å²) >= 11 is 0. The molecule has 4 fully saturated rings. The number of fused-ring (bicyclic) bond motifs is 1. The molecule has 1 N–H and O–H groups in total. The van der Waals surface area contributed by atoms with Crippen molar-refractivity contribution in [2.45, 2.75) is 57.8 Å². The molecule has 24 heavy (non-hydrogen) atoms. The van der Waals surface area contributed by atoms with Gasteiger partial charge in [-0.05, 0) is 39.0 Å². The number of hydrogen-bond acceptors (Lipinski definition) is 5. The summed E-state index contributed by atoms with van der Waals surface area (Å²) in [4.78, 5) is 14.2. The fourth-order valence-corrected chi connectivity index (χ4v) is 5.11. The van der Waals surface area contributed by atoms with E-state index in [4.69, 9.17) is 14.2 Å². The topological polar surface area (TPSA) is 60.0 Å². The molecule has 4 aliphatic rings. The Morgan fingerprint density at radius 2 is 1.58 bits per heavy atom.